The summed E-state index contributed by atoms with van der Waals surface area (Å²) in [5.41, 5.74) is 1.95. The number of hydrogen-bond donors (Lipinski definition) is 1. The minimum atomic E-state index is 0.0564. The lowest BCUT2D eigenvalue weighted by Gasteiger charge is -2.33. The van der Waals surface area contributed by atoms with Gasteiger partial charge in [0, 0.05) is 24.0 Å². The first-order valence-corrected chi connectivity index (χ1v) is 7.56. The molecule has 1 aliphatic heterocycles. The summed E-state index contributed by atoms with van der Waals surface area (Å²) in [6.45, 7) is 4.43. The second-order valence-corrected chi connectivity index (χ2v) is 5.66. The summed E-state index contributed by atoms with van der Waals surface area (Å²) in [6, 6.07) is 10.2. The summed E-state index contributed by atoms with van der Waals surface area (Å²) in [6.07, 6.45) is 3.73. The molecule has 1 aliphatic rings. The normalized spacial score (nSPS) is 16.8. The third kappa shape index (κ3) is 2.50. The van der Waals surface area contributed by atoms with Crippen LogP contribution in [-0.2, 0) is 6.61 Å². The van der Waals surface area contributed by atoms with Gasteiger partial charge < -0.3 is 10.0 Å². The molecule has 0 amide bonds. The summed E-state index contributed by atoms with van der Waals surface area (Å²) in [7, 11) is 0. The Hall–Kier alpha value is -1.61. The molecule has 3 heteroatoms. The monoisotopic (exact) mass is 270 g/mol. The van der Waals surface area contributed by atoms with E-state index in [1.165, 1.54) is 19.3 Å². The van der Waals surface area contributed by atoms with E-state index in [2.05, 4.69) is 24.0 Å². The van der Waals surface area contributed by atoms with Crippen molar-refractivity contribution in [2.75, 3.05) is 18.0 Å². The Morgan fingerprint density at radius 2 is 2.00 bits per heavy atom. The zero-order valence-electron chi connectivity index (χ0n) is 12.0. The largest absolute Gasteiger partial charge is 0.392 e. The number of anilines is 1. The van der Waals surface area contributed by atoms with Crippen LogP contribution in [0.1, 0.15) is 31.7 Å². The number of benzene rings is 1. The molecule has 2 aromatic rings. The Kier molecular flexibility index (Phi) is 3.88. The van der Waals surface area contributed by atoms with E-state index >= 15 is 0 Å². The van der Waals surface area contributed by atoms with Crippen molar-refractivity contribution >= 4 is 16.7 Å². The van der Waals surface area contributed by atoms with Gasteiger partial charge in [-0.15, -0.1) is 0 Å². The number of piperidine rings is 1. The summed E-state index contributed by atoms with van der Waals surface area (Å²) in [5.74, 6) is 1.82. The molecule has 0 radical (unpaired) electrons. The van der Waals surface area contributed by atoms with E-state index in [4.69, 9.17) is 4.98 Å². The van der Waals surface area contributed by atoms with Gasteiger partial charge in [-0.25, -0.2) is 4.98 Å². The van der Waals surface area contributed by atoms with Crippen LogP contribution >= 0.6 is 0 Å². The van der Waals surface area contributed by atoms with Crippen molar-refractivity contribution in [2.24, 2.45) is 5.92 Å². The maximum absolute atomic E-state index is 9.64. The van der Waals surface area contributed by atoms with Gasteiger partial charge in [0.2, 0.25) is 0 Å². The van der Waals surface area contributed by atoms with Gasteiger partial charge in [-0.1, -0.05) is 31.5 Å². The number of rotatable bonds is 3. The van der Waals surface area contributed by atoms with Crippen molar-refractivity contribution in [3.8, 4) is 0 Å². The predicted molar refractivity (Wildman–Crippen MR) is 82.9 cm³/mol. The predicted octanol–water partition coefficient (Wildman–Crippen LogP) is 3.35. The molecule has 0 unspecified atom stereocenters. The molecule has 1 aromatic carbocycles. The molecular weight excluding hydrogens is 248 g/mol. The van der Waals surface area contributed by atoms with Crippen LogP contribution in [0.15, 0.2) is 30.3 Å². The quantitative estimate of drug-likeness (QED) is 0.929. The lowest BCUT2D eigenvalue weighted by atomic mass is 9.94. The number of hydrogen-bond acceptors (Lipinski definition) is 3. The van der Waals surface area contributed by atoms with Gasteiger partial charge in [-0.3, -0.25) is 0 Å². The maximum Gasteiger partial charge on any atom is 0.134 e. The van der Waals surface area contributed by atoms with Crippen LogP contribution in [-0.4, -0.2) is 23.2 Å². The maximum atomic E-state index is 9.64. The Bertz CT molecular complexity index is 589. The van der Waals surface area contributed by atoms with Crippen molar-refractivity contribution in [2.45, 2.75) is 32.8 Å². The number of para-hydroxylation sites is 1. The molecule has 1 aromatic heterocycles. The van der Waals surface area contributed by atoms with Crippen LogP contribution in [0, 0.1) is 5.92 Å². The lowest BCUT2D eigenvalue weighted by molar-refractivity contribution is 0.281. The fourth-order valence-electron chi connectivity index (χ4n) is 3.09. The van der Waals surface area contributed by atoms with E-state index in [0.717, 1.165) is 41.3 Å². The van der Waals surface area contributed by atoms with E-state index in [1.54, 1.807) is 0 Å². The standard InChI is InChI=1S/C17H22N2O/c1-2-13-7-9-19(10-8-13)17-15(12-20)11-14-5-3-4-6-16(14)18-17/h3-6,11,13,20H,2,7-10,12H2,1H3. The average Bonchev–Trinajstić information content (AvgIpc) is 2.53. The van der Waals surface area contributed by atoms with Crippen LogP contribution in [0.4, 0.5) is 5.82 Å². The van der Waals surface area contributed by atoms with Crippen molar-refractivity contribution in [3.63, 3.8) is 0 Å². The molecule has 1 fully saturated rings. The van der Waals surface area contributed by atoms with Gasteiger partial charge in [0.05, 0.1) is 12.1 Å². The molecule has 0 atom stereocenters. The summed E-state index contributed by atoms with van der Waals surface area (Å²) in [4.78, 5) is 7.12. The van der Waals surface area contributed by atoms with Crippen LogP contribution < -0.4 is 4.90 Å². The molecule has 2 heterocycles. The SMILES string of the molecule is CCC1CCN(c2nc3ccccc3cc2CO)CC1. The van der Waals surface area contributed by atoms with Crippen molar-refractivity contribution in [3.05, 3.63) is 35.9 Å². The van der Waals surface area contributed by atoms with Crippen LogP contribution in [0.2, 0.25) is 0 Å². The van der Waals surface area contributed by atoms with Crippen molar-refractivity contribution in [1.29, 1.82) is 0 Å². The number of aliphatic hydroxyl groups excluding tert-OH is 1. The Morgan fingerprint density at radius 3 is 2.70 bits per heavy atom. The van der Waals surface area contributed by atoms with Gasteiger partial charge in [0.15, 0.2) is 0 Å². The Labute approximate surface area is 120 Å². The molecule has 0 bridgehead atoms. The lowest BCUT2D eigenvalue weighted by Crippen LogP contribution is -2.34. The highest BCUT2D eigenvalue weighted by atomic mass is 16.3. The fourth-order valence-corrected chi connectivity index (χ4v) is 3.09. The first-order chi connectivity index (χ1) is 9.81. The highest BCUT2D eigenvalue weighted by molar-refractivity contribution is 5.81. The minimum Gasteiger partial charge on any atom is -0.392 e. The van der Waals surface area contributed by atoms with E-state index in [1.807, 2.05) is 18.2 Å². The van der Waals surface area contributed by atoms with E-state index in [-0.39, 0.29) is 6.61 Å². The molecule has 3 rings (SSSR count). The van der Waals surface area contributed by atoms with E-state index in [9.17, 15) is 5.11 Å². The van der Waals surface area contributed by atoms with E-state index < -0.39 is 0 Å². The molecule has 0 aliphatic carbocycles. The van der Waals surface area contributed by atoms with E-state index in [0.29, 0.717) is 0 Å². The minimum absolute atomic E-state index is 0.0564. The van der Waals surface area contributed by atoms with Crippen LogP contribution in [0.3, 0.4) is 0 Å². The number of aliphatic hydroxyl groups is 1. The molecule has 1 saturated heterocycles. The third-order valence-electron chi connectivity index (χ3n) is 4.44. The van der Waals surface area contributed by atoms with Gasteiger partial charge >= 0.3 is 0 Å². The van der Waals surface area contributed by atoms with Gasteiger partial charge in [-0.2, -0.15) is 0 Å². The third-order valence-corrected chi connectivity index (χ3v) is 4.44. The molecule has 1 N–H and O–H groups in total. The fraction of sp³-hybridized carbons (Fsp3) is 0.471. The highest BCUT2D eigenvalue weighted by Crippen LogP contribution is 2.28. The number of fused-ring (bicyclic) bond motifs is 1. The summed E-state index contributed by atoms with van der Waals surface area (Å²) in [5, 5.41) is 10.7. The Balaban J connectivity index is 1.94. The molecule has 106 valence electrons. The van der Waals surface area contributed by atoms with Crippen molar-refractivity contribution < 1.29 is 5.11 Å². The zero-order valence-corrected chi connectivity index (χ0v) is 12.0. The second kappa shape index (κ2) is 5.80. The molecule has 0 saturated carbocycles. The van der Waals surface area contributed by atoms with Gasteiger partial charge in [0.1, 0.15) is 5.82 Å². The second-order valence-electron chi connectivity index (χ2n) is 5.66. The summed E-state index contributed by atoms with van der Waals surface area (Å²) < 4.78 is 0. The zero-order chi connectivity index (χ0) is 13.9. The Morgan fingerprint density at radius 1 is 1.25 bits per heavy atom. The number of nitrogens with zero attached hydrogens (tertiary/aromatic N) is 2. The van der Waals surface area contributed by atoms with Gasteiger partial charge in [-0.05, 0) is 30.9 Å². The highest BCUT2D eigenvalue weighted by Gasteiger charge is 2.21. The number of pyridine rings is 1. The molecule has 20 heavy (non-hydrogen) atoms. The number of aromatic nitrogens is 1. The smallest absolute Gasteiger partial charge is 0.134 e. The van der Waals surface area contributed by atoms with Crippen LogP contribution in [0.25, 0.3) is 10.9 Å². The first-order valence-electron chi connectivity index (χ1n) is 7.56. The average molecular weight is 270 g/mol. The first kappa shape index (κ1) is 13.4. The van der Waals surface area contributed by atoms with Gasteiger partial charge in [0.25, 0.3) is 0 Å². The molecule has 0 spiro atoms. The summed E-state index contributed by atoms with van der Waals surface area (Å²) >= 11 is 0. The van der Waals surface area contributed by atoms with Crippen LogP contribution in [0.5, 0.6) is 0 Å². The topological polar surface area (TPSA) is 36.4 Å². The molecule has 3 nitrogen and oxygen atoms in total. The van der Waals surface area contributed by atoms with Crippen molar-refractivity contribution in [1.82, 2.24) is 4.98 Å². The molecular formula is C17H22N2O.